The minimum atomic E-state index is -0.485. The molecule has 1 fully saturated rings. The van der Waals surface area contributed by atoms with Crippen molar-refractivity contribution < 1.29 is 14.3 Å². The zero-order valence-corrected chi connectivity index (χ0v) is 19.5. The molecule has 0 N–H and O–H groups in total. The maximum atomic E-state index is 13.1. The van der Waals surface area contributed by atoms with Gasteiger partial charge in [-0.2, -0.15) is 0 Å². The fourth-order valence-electron chi connectivity index (χ4n) is 4.37. The molecule has 1 saturated heterocycles. The van der Waals surface area contributed by atoms with Crippen molar-refractivity contribution in [2.45, 2.75) is 90.5 Å². The lowest BCUT2D eigenvalue weighted by atomic mass is 9.90. The largest absolute Gasteiger partial charge is 0.489 e. The second kappa shape index (κ2) is 10.7. The first-order valence-electron chi connectivity index (χ1n) is 11.6. The summed E-state index contributed by atoms with van der Waals surface area (Å²) in [4.78, 5) is 15.1. The summed E-state index contributed by atoms with van der Waals surface area (Å²) in [6.07, 6.45) is 5.96. The van der Waals surface area contributed by atoms with E-state index in [-0.39, 0.29) is 18.2 Å². The fraction of sp³-hybridized carbons (Fsp3) is 0.519. The second-order valence-corrected chi connectivity index (χ2v) is 9.54. The Morgan fingerprint density at radius 1 is 1.00 bits per heavy atom. The van der Waals surface area contributed by atoms with E-state index in [4.69, 9.17) is 9.47 Å². The van der Waals surface area contributed by atoms with Gasteiger partial charge in [-0.1, -0.05) is 55.8 Å². The lowest BCUT2D eigenvalue weighted by Crippen LogP contribution is -2.52. The molecular formula is C27H37NO3. The number of likely N-dealkylation sites (tertiary alicyclic amines) is 1. The van der Waals surface area contributed by atoms with Gasteiger partial charge in [0.25, 0.3) is 0 Å². The van der Waals surface area contributed by atoms with Crippen LogP contribution in [0.15, 0.2) is 54.6 Å². The first-order chi connectivity index (χ1) is 14.9. The van der Waals surface area contributed by atoms with Crippen LogP contribution in [0.4, 0.5) is 4.79 Å². The van der Waals surface area contributed by atoms with Gasteiger partial charge in [-0.05, 0) is 76.1 Å². The molecule has 1 aliphatic heterocycles. The monoisotopic (exact) mass is 423 g/mol. The van der Waals surface area contributed by atoms with E-state index in [2.05, 4.69) is 31.2 Å². The fourth-order valence-corrected chi connectivity index (χ4v) is 4.37. The molecule has 3 rings (SSSR count). The Kier molecular flexibility index (Phi) is 8.00. The van der Waals surface area contributed by atoms with E-state index in [1.54, 1.807) is 0 Å². The van der Waals surface area contributed by atoms with E-state index in [9.17, 15) is 4.79 Å². The number of carbonyl (C=O) groups is 1. The van der Waals surface area contributed by atoms with Crippen LogP contribution in [-0.2, 0) is 17.8 Å². The number of rotatable bonds is 7. The van der Waals surface area contributed by atoms with Gasteiger partial charge in [0.15, 0.2) is 0 Å². The summed E-state index contributed by atoms with van der Waals surface area (Å²) in [5.74, 6) is 0.867. The maximum absolute atomic E-state index is 13.1. The van der Waals surface area contributed by atoms with Gasteiger partial charge in [0.2, 0.25) is 0 Å². The molecule has 0 radical (unpaired) electrons. The number of piperidine rings is 1. The quantitative estimate of drug-likeness (QED) is 0.493. The normalized spacial score (nSPS) is 19.2. The predicted molar refractivity (Wildman–Crippen MR) is 125 cm³/mol. The molecule has 2 aromatic carbocycles. The number of nitrogens with zero attached hydrogens (tertiary/aromatic N) is 1. The van der Waals surface area contributed by atoms with Crippen LogP contribution in [0.3, 0.4) is 0 Å². The van der Waals surface area contributed by atoms with Crippen molar-refractivity contribution in [1.82, 2.24) is 4.90 Å². The van der Waals surface area contributed by atoms with Crippen LogP contribution in [0.1, 0.15) is 70.9 Å². The molecule has 2 unspecified atom stereocenters. The molecular weight excluding hydrogens is 386 g/mol. The van der Waals surface area contributed by atoms with E-state index >= 15 is 0 Å². The molecule has 0 spiro atoms. The minimum absolute atomic E-state index is 0.157. The zero-order valence-electron chi connectivity index (χ0n) is 19.5. The Morgan fingerprint density at radius 2 is 1.71 bits per heavy atom. The first-order valence-corrected chi connectivity index (χ1v) is 11.6. The molecule has 31 heavy (non-hydrogen) atoms. The third kappa shape index (κ3) is 7.02. The van der Waals surface area contributed by atoms with Crippen molar-refractivity contribution in [3.05, 3.63) is 65.7 Å². The summed E-state index contributed by atoms with van der Waals surface area (Å²) >= 11 is 0. The summed E-state index contributed by atoms with van der Waals surface area (Å²) in [5.41, 5.74) is 1.86. The molecule has 0 aromatic heterocycles. The number of ether oxygens (including phenoxy) is 2. The second-order valence-electron chi connectivity index (χ2n) is 9.54. The van der Waals surface area contributed by atoms with E-state index in [1.165, 1.54) is 5.56 Å². The maximum Gasteiger partial charge on any atom is 0.410 e. The van der Waals surface area contributed by atoms with Crippen molar-refractivity contribution >= 4 is 6.09 Å². The van der Waals surface area contributed by atoms with Crippen molar-refractivity contribution in [3.8, 4) is 5.75 Å². The lowest BCUT2D eigenvalue weighted by molar-refractivity contribution is -0.00678. The van der Waals surface area contributed by atoms with Crippen LogP contribution in [0.2, 0.25) is 0 Å². The van der Waals surface area contributed by atoms with Crippen LogP contribution >= 0.6 is 0 Å². The van der Waals surface area contributed by atoms with Gasteiger partial charge in [0.05, 0.1) is 0 Å². The van der Waals surface area contributed by atoms with Crippen molar-refractivity contribution in [2.75, 3.05) is 0 Å². The van der Waals surface area contributed by atoms with Gasteiger partial charge in [0.1, 0.15) is 18.0 Å². The molecule has 2 atom stereocenters. The van der Waals surface area contributed by atoms with E-state index < -0.39 is 5.60 Å². The highest BCUT2D eigenvalue weighted by atomic mass is 16.6. The summed E-state index contributed by atoms with van der Waals surface area (Å²) < 4.78 is 11.8. The molecule has 0 aliphatic carbocycles. The Bertz CT molecular complexity index is 826. The van der Waals surface area contributed by atoms with Crippen molar-refractivity contribution in [3.63, 3.8) is 0 Å². The molecule has 0 bridgehead atoms. The SMILES string of the molecule is CCCC1CCCC(Cc2cccc(OCc3ccccc3)c2)N1C(=O)OC(C)(C)C. The molecule has 168 valence electrons. The molecule has 4 heteroatoms. The average molecular weight is 424 g/mol. The van der Waals surface area contributed by atoms with E-state index in [0.29, 0.717) is 6.61 Å². The third-order valence-corrected chi connectivity index (χ3v) is 5.71. The molecule has 0 saturated carbocycles. The molecule has 1 amide bonds. The standard InChI is InChI=1S/C27H37NO3/c1-5-11-23-15-10-16-24(28(23)26(29)31-27(2,3)4)18-22-14-9-17-25(19-22)30-20-21-12-7-6-8-13-21/h6-9,12-14,17,19,23-24H,5,10-11,15-16,18,20H2,1-4H3. The summed E-state index contributed by atoms with van der Waals surface area (Å²) in [6, 6.07) is 18.9. The van der Waals surface area contributed by atoms with Gasteiger partial charge in [-0.25, -0.2) is 4.79 Å². The number of hydrogen-bond acceptors (Lipinski definition) is 3. The Labute approximate surface area is 187 Å². The highest BCUT2D eigenvalue weighted by Crippen LogP contribution is 2.30. The van der Waals surface area contributed by atoms with Crippen molar-refractivity contribution in [2.24, 2.45) is 0 Å². The smallest absolute Gasteiger partial charge is 0.410 e. The van der Waals surface area contributed by atoms with Crippen LogP contribution in [0.25, 0.3) is 0 Å². The van der Waals surface area contributed by atoms with Crippen LogP contribution in [0.5, 0.6) is 5.75 Å². The van der Waals surface area contributed by atoms with Crippen LogP contribution in [-0.4, -0.2) is 28.7 Å². The number of hydrogen-bond donors (Lipinski definition) is 0. The van der Waals surface area contributed by atoms with E-state index in [0.717, 1.165) is 49.8 Å². The van der Waals surface area contributed by atoms with Gasteiger partial charge in [0, 0.05) is 12.1 Å². The Hall–Kier alpha value is -2.49. The number of amides is 1. The molecule has 1 heterocycles. The lowest BCUT2D eigenvalue weighted by Gasteiger charge is -2.42. The van der Waals surface area contributed by atoms with E-state index in [1.807, 2.05) is 56.0 Å². The molecule has 1 aliphatic rings. The van der Waals surface area contributed by atoms with Gasteiger partial charge in [-0.15, -0.1) is 0 Å². The number of carbonyl (C=O) groups excluding carboxylic acids is 1. The summed E-state index contributed by atoms with van der Waals surface area (Å²) in [6.45, 7) is 8.55. The predicted octanol–water partition coefficient (Wildman–Crippen LogP) is 6.77. The van der Waals surface area contributed by atoms with Gasteiger partial charge >= 0.3 is 6.09 Å². The highest BCUT2D eigenvalue weighted by molar-refractivity contribution is 5.69. The van der Waals surface area contributed by atoms with Crippen LogP contribution in [0, 0.1) is 0 Å². The Balaban J connectivity index is 1.71. The van der Waals surface area contributed by atoms with Gasteiger partial charge in [-0.3, -0.25) is 0 Å². The number of benzene rings is 2. The van der Waals surface area contributed by atoms with Crippen LogP contribution < -0.4 is 4.74 Å². The first kappa shape index (κ1) is 23.2. The molecule has 2 aromatic rings. The topological polar surface area (TPSA) is 38.8 Å². The van der Waals surface area contributed by atoms with Crippen molar-refractivity contribution in [1.29, 1.82) is 0 Å². The van der Waals surface area contributed by atoms with Gasteiger partial charge < -0.3 is 14.4 Å². The summed E-state index contributed by atoms with van der Waals surface area (Å²) in [7, 11) is 0. The summed E-state index contributed by atoms with van der Waals surface area (Å²) in [5, 5.41) is 0. The Morgan fingerprint density at radius 3 is 2.42 bits per heavy atom. The third-order valence-electron chi connectivity index (χ3n) is 5.71. The average Bonchev–Trinajstić information content (AvgIpc) is 2.72. The zero-order chi connectivity index (χ0) is 22.3. The minimum Gasteiger partial charge on any atom is -0.489 e. The molecule has 4 nitrogen and oxygen atoms in total. The highest BCUT2D eigenvalue weighted by Gasteiger charge is 2.36.